The molecule has 0 saturated carbocycles. The fourth-order valence-corrected chi connectivity index (χ4v) is 2.95. The molecule has 0 bridgehead atoms. The van der Waals surface area contributed by atoms with E-state index in [1.165, 1.54) is 5.56 Å². The van der Waals surface area contributed by atoms with E-state index in [0.717, 1.165) is 16.7 Å². The maximum atomic E-state index is 12.4. The molecule has 0 aromatic heterocycles. The van der Waals surface area contributed by atoms with Gasteiger partial charge in [0.25, 0.3) is 5.91 Å². The topological polar surface area (TPSA) is 55.4 Å². The van der Waals surface area contributed by atoms with Crippen LogP contribution in [0.3, 0.4) is 0 Å². The van der Waals surface area contributed by atoms with Crippen LogP contribution in [-0.2, 0) is 4.79 Å². The minimum atomic E-state index is -0.214. The van der Waals surface area contributed by atoms with E-state index in [0.29, 0.717) is 17.0 Å². The van der Waals surface area contributed by atoms with Gasteiger partial charge in [0.2, 0.25) is 0 Å². The largest absolute Gasteiger partial charge is 0.482 e. The van der Waals surface area contributed by atoms with Crippen molar-refractivity contribution in [1.82, 2.24) is 0 Å². The predicted molar refractivity (Wildman–Crippen MR) is 94.6 cm³/mol. The van der Waals surface area contributed by atoms with E-state index in [1.54, 1.807) is 24.3 Å². The van der Waals surface area contributed by atoms with Gasteiger partial charge < -0.3 is 10.1 Å². The number of ether oxygens (including phenoxy) is 1. The summed E-state index contributed by atoms with van der Waals surface area (Å²) in [4.78, 5) is 23.8. The van der Waals surface area contributed by atoms with Crippen molar-refractivity contribution in [1.29, 1.82) is 0 Å². The fourth-order valence-electron chi connectivity index (χ4n) is 2.95. The van der Waals surface area contributed by atoms with Gasteiger partial charge in [0.15, 0.2) is 12.4 Å². The average Bonchev–Trinajstić information content (AvgIpc) is 2.52. The van der Waals surface area contributed by atoms with Gasteiger partial charge in [-0.3, -0.25) is 9.59 Å². The van der Waals surface area contributed by atoms with E-state index in [2.05, 4.69) is 24.4 Å². The molecule has 0 saturated heterocycles. The molecule has 0 atom stereocenters. The van der Waals surface area contributed by atoms with Crippen LogP contribution in [0.4, 0.5) is 5.69 Å². The van der Waals surface area contributed by atoms with Crippen LogP contribution in [-0.4, -0.2) is 18.3 Å². The predicted octanol–water partition coefficient (Wildman–Crippen LogP) is 3.84. The van der Waals surface area contributed by atoms with E-state index < -0.39 is 0 Å². The first-order valence-electron chi connectivity index (χ1n) is 7.81. The van der Waals surface area contributed by atoms with E-state index in [9.17, 15) is 9.59 Å². The fraction of sp³-hybridized carbons (Fsp3) is 0.200. The lowest BCUT2D eigenvalue weighted by Gasteiger charge is -2.18. The van der Waals surface area contributed by atoms with Crippen molar-refractivity contribution in [3.05, 3.63) is 64.2 Å². The quantitative estimate of drug-likeness (QED) is 0.690. The molecule has 1 aliphatic rings. The zero-order chi connectivity index (χ0) is 17.3. The summed E-state index contributed by atoms with van der Waals surface area (Å²) in [7, 11) is 0. The number of carbonyl (C=O) groups excluding carboxylic acids is 2. The number of ketones is 1. The van der Waals surface area contributed by atoms with Gasteiger partial charge in [0, 0.05) is 5.56 Å². The van der Waals surface area contributed by atoms with Crippen LogP contribution in [0, 0.1) is 20.8 Å². The molecule has 4 heteroatoms. The number of nitrogens with one attached hydrogen (secondary N) is 1. The van der Waals surface area contributed by atoms with Crippen molar-refractivity contribution in [2.75, 3.05) is 11.9 Å². The summed E-state index contributed by atoms with van der Waals surface area (Å²) in [5, 5.41) is 2.71. The van der Waals surface area contributed by atoms with Crippen LogP contribution in [0.1, 0.15) is 32.6 Å². The third kappa shape index (κ3) is 3.23. The van der Waals surface area contributed by atoms with Gasteiger partial charge in [-0.2, -0.15) is 0 Å². The second-order valence-corrected chi connectivity index (χ2v) is 6.06. The second-order valence-electron chi connectivity index (χ2n) is 6.06. The Kier molecular flexibility index (Phi) is 4.21. The lowest BCUT2D eigenvalue weighted by molar-refractivity contribution is -0.118. The standard InChI is InChI=1S/C20H19NO3/c1-12-8-13(2)16(14(3)9-12)5-6-18(22)15-4-7-19-17(10-15)21-20(23)11-24-19/h4-10H,11H2,1-3H3,(H,21,23). The summed E-state index contributed by atoms with van der Waals surface area (Å²) in [6.07, 6.45) is 3.42. The minimum Gasteiger partial charge on any atom is -0.482 e. The maximum Gasteiger partial charge on any atom is 0.262 e. The summed E-state index contributed by atoms with van der Waals surface area (Å²) in [6.45, 7) is 6.14. The third-order valence-corrected chi connectivity index (χ3v) is 4.04. The first kappa shape index (κ1) is 16.0. The first-order valence-corrected chi connectivity index (χ1v) is 7.81. The van der Waals surface area contributed by atoms with Gasteiger partial charge in [0.1, 0.15) is 5.75 Å². The highest BCUT2D eigenvalue weighted by atomic mass is 16.5. The van der Waals surface area contributed by atoms with E-state index in [-0.39, 0.29) is 18.3 Å². The molecule has 0 radical (unpaired) electrons. The molecule has 1 amide bonds. The summed E-state index contributed by atoms with van der Waals surface area (Å²) >= 11 is 0. The number of anilines is 1. The smallest absolute Gasteiger partial charge is 0.262 e. The van der Waals surface area contributed by atoms with Crippen LogP contribution < -0.4 is 10.1 Å². The highest BCUT2D eigenvalue weighted by molar-refractivity contribution is 6.08. The number of amides is 1. The van der Waals surface area contributed by atoms with Gasteiger partial charge in [-0.05, 0) is 61.7 Å². The Bertz CT molecular complexity index is 842. The van der Waals surface area contributed by atoms with Crippen molar-refractivity contribution in [2.45, 2.75) is 20.8 Å². The summed E-state index contributed by atoms with van der Waals surface area (Å²) in [5.74, 6) is 0.255. The van der Waals surface area contributed by atoms with Gasteiger partial charge >= 0.3 is 0 Å². The van der Waals surface area contributed by atoms with Crippen LogP contribution in [0.15, 0.2) is 36.4 Å². The Morgan fingerprint density at radius 2 is 1.83 bits per heavy atom. The third-order valence-electron chi connectivity index (χ3n) is 4.04. The molecule has 3 rings (SSSR count). The average molecular weight is 321 g/mol. The molecule has 0 aliphatic carbocycles. The molecule has 1 aliphatic heterocycles. The molecule has 1 N–H and O–H groups in total. The molecule has 1 heterocycles. The van der Waals surface area contributed by atoms with Crippen molar-refractivity contribution in [3.8, 4) is 5.75 Å². The lowest BCUT2D eigenvalue weighted by Crippen LogP contribution is -2.25. The molecular formula is C20H19NO3. The Balaban J connectivity index is 1.85. The Morgan fingerprint density at radius 3 is 2.54 bits per heavy atom. The Labute approximate surface area is 141 Å². The SMILES string of the molecule is Cc1cc(C)c(C=CC(=O)c2ccc3c(c2)NC(=O)CO3)c(C)c1. The van der Waals surface area contributed by atoms with Crippen LogP contribution in [0.25, 0.3) is 6.08 Å². The normalized spacial score (nSPS) is 13.4. The van der Waals surface area contributed by atoms with Gasteiger partial charge in [0.05, 0.1) is 5.69 Å². The number of allylic oxidation sites excluding steroid dienone is 1. The first-order chi connectivity index (χ1) is 11.4. The number of hydrogen-bond donors (Lipinski definition) is 1. The van der Waals surface area contributed by atoms with E-state index in [4.69, 9.17) is 4.74 Å². The highest BCUT2D eigenvalue weighted by Gasteiger charge is 2.17. The molecule has 122 valence electrons. The van der Waals surface area contributed by atoms with E-state index in [1.807, 2.05) is 19.9 Å². The summed E-state index contributed by atoms with van der Waals surface area (Å²) < 4.78 is 5.30. The maximum absolute atomic E-state index is 12.4. The Morgan fingerprint density at radius 1 is 1.12 bits per heavy atom. The van der Waals surface area contributed by atoms with Gasteiger partial charge in [-0.25, -0.2) is 0 Å². The van der Waals surface area contributed by atoms with Crippen molar-refractivity contribution in [2.24, 2.45) is 0 Å². The van der Waals surface area contributed by atoms with Gasteiger partial charge in [-0.1, -0.05) is 23.8 Å². The van der Waals surface area contributed by atoms with Crippen LogP contribution in [0.2, 0.25) is 0 Å². The van der Waals surface area contributed by atoms with Crippen molar-refractivity contribution < 1.29 is 14.3 Å². The molecule has 2 aromatic carbocycles. The number of fused-ring (bicyclic) bond motifs is 1. The van der Waals surface area contributed by atoms with Crippen LogP contribution >= 0.6 is 0 Å². The second kappa shape index (κ2) is 6.32. The molecular weight excluding hydrogens is 302 g/mol. The zero-order valence-corrected chi connectivity index (χ0v) is 14.0. The molecule has 24 heavy (non-hydrogen) atoms. The van der Waals surface area contributed by atoms with Crippen molar-refractivity contribution >= 4 is 23.5 Å². The highest BCUT2D eigenvalue weighted by Crippen LogP contribution is 2.28. The number of rotatable bonds is 3. The van der Waals surface area contributed by atoms with Crippen LogP contribution in [0.5, 0.6) is 5.75 Å². The van der Waals surface area contributed by atoms with E-state index >= 15 is 0 Å². The number of carbonyl (C=O) groups is 2. The zero-order valence-electron chi connectivity index (χ0n) is 14.0. The number of aryl methyl sites for hydroxylation is 3. The molecule has 0 spiro atoms. The molecule has 2 aromatic rings. The minimum absolute atomic E-state index is 0.00612. The number of benzene rings is 2. The lowest BCUT2D eigenvalue weighted by atomic mass is 9.98. The van der Waals surface area contributed by atoms with Gasteiger partial charge in [-0.15, -0.1) is 0 Å². The monoisotopic (exact) mass is 321 g/mol. The molecule has 4 nitrogen and oxygen atoms in total. The van der Waals surface area contributed by atoms with Crippen molar-refractivity contribution in [3.63, 3.8) is 0 Å². The summed E-state index contributed by atoms with van der Waals surface area (Å²) in [5.41, 5.74) is 5.60. The number of hydrogen-bond acceptors (Lipinski definition) is 3. The summed E-state index contributed by atoms with van der Waals surface area (Å²) in [6, 6.07) is 9.26. The Hall–Kier alpha value is -2.88. The molecule has 0 unspecified atom stereocenters. The molecule has 0 fully saturated rings.